The van der Waals surface area contributed by atoms with Crippen molar-refractivity contribution in [1.29, 1.82) is 0 Å². The fraction of sp³-hybridized carbons (Fsp3) is 0.385. The molecule has 1 atom stereocenters. The van der Waals surface area contributed by atoms with Crippen LogP contribution in [0.5, 0.6) is 17.2 Å². The summed E-state index contributed by atoms with van der Waals surface area (Å²) >= 11 is 0. The van der Waals surface area contributed by atoms with Crippen LogP contribution in [-0.4, -0.2) is 31.3 Å². The molecule has 0 fully saturated rings. The van der Waals surface area contributed by atoms with E-state index in [-0.39, 0.29) is 13.4 Å². The van der Waals surface area contributed by atoms with Gasteiger partial charge in [0.05, 0.1) is 6.61 Å². The number of Topliss-reactive ketones (excluding diaryl/α,β-unsaturated/α-hetero) is 1. The van der Waals surface area contributed by atoms with Gasteiger partial charge >= 0.3 is 5.97 Å². The van der Waals surface area contributed by atoms with Crippen molar-refractivity contribution in [2.75, 3.05) is 13.4 Å². The van der Waals surface area contributed by atoms with Crippen molar-refractivity contribution in [2.24, 2.45) is 0 Å². The van der Waals surface area contributed by atoms with Crippen molar-refractivity contribution in [3.8, 4) is 17.2 Å². The summed E-state index contributed by atoms with van der Waals surface area (Å²) in [5.74, 6) is 0.341. The van der Waals surface area contributed by atoms with E-state index in [1.54, 1.807) is 25.1 Å². The summed E-state index contributed by atoms with van der Waals surface area (Å²) in [5, 5.41) is 0. The molecule has 6 nitrogen and oxygen atoms in total. The minimum Gasteiger partial charge on any atom is -0.471 e. The SMILES string of the molecule is CCOC(=O)C(Oc1ccc2c(c1)OCO2)C(C)=O. The van der Waals surface area contributed by atoms with Crippen LogP contribution in [0.4, 0.5) is 0 Å². The third-order valence-electron chi connectivity index (χ3n) is 2.47. The van der Waals surface area contributed by atoms with E-state index in [1.165, 1.54) is 6.92 Å². The first-order valence-electron chi connectivity index (χ1n) is 5.85. The molecule has 0 amide bonds. The standard InChI is InChI=1S/C13H14O6/c1-3-16-13(15)12(8(2)14)19-9-4-5-10-11(6-9)18-7-17-10/h4-6,12H,3,7H2,1-2H3. The van der Waals surface area contributed by atoms with Crippen LogP contribution in [0.2, 0.25) is 0 Å². The minimum absolute atomic E-state index is 0.146. The molecule has 0 saturated heterocycles. The molecule has 0 aliphatic carbocycles. The zero-order valence-corrected chi connectivity index (χ0v) is 10.7. The third-order valence-corrected chi connectivity index (χ3v) is 2.47. The molecule has 0 bridgehead atoms. The number of carbonyl (C=O) groups excluding carboxylic acids is 2. The predicted octanol–water partition coefficient (Wildman–Crippen LogP) is 1.31. The smallest absolute Gasteiger partial charge is 0.355 e. The van der Waals surface area contributed by atoms with Crippen LogP contribution in [0.1, 0.15) is 13.8 Å². The quantitative estimate of drug-likeness (QED) is 0.591. The van der Waals surface area contributed by atoms with Crippen LogP contribution in [0.3, 0.4) is 0 Å². The Labute approximate surface area is 110 Å². The lowest BCUT2D eigenvalue weighted by molar-refractivity contribution is -0.154. The molecule has 19 heavy (non-hydrogen) atoms. The molecule has 0 saturated carbocycles. The molecule has 1 aromatic rings. The van der Waals surface area contributed by atoms with E-state index in [4.69, 9.17) is 18.9 Å². The van der Waals surface area contributed by atoms with E-state index in [0.29, 0.717) is 17.2 Å². The molecule has 0 spiro atoms. The Morgan fingerprint density at radius 3 is 2.74 bits per heavy atom. The first kappa shape index (κ1) is 13.2. The Kier molecular flexibility index (Phi) is 3.89. The van der Waals surface area contributed by atoms with E-state index < -0.39 is 17.9 Å². The van der Waals surface area contributed by atoms with Gasteiger partial charge in [-0.25, -0.2) is 4.79 Å². The van der Waals surface area contributed by atoms with Crippen molar-refractivity contribution < 1.29 is 28.5 Å². The van der Waals surface area contributed by atoms with Gasteiger partial charge in [0.1, 0.15) is 5.75 Å². The fourth-order valence-corrected chi connectivity index (χ4v) is 1.60. The van der Waals surface area contributed by atoms with E-state index in [1.807, 2.05) is 0 Å². The summed E-state index contributed by atoms with van der Waals surface area (Å²) in [6.07, 6.45) is -1.26. The van der Waals surface area contributed by atoms with Gasteiger partial charge in [0.25, 0.3) is 6.10 Å². The van der Waals surface area contributed by atoms with Crippen molar-refractivity contribution in [3.05, 3.63) is 18.2 Å². The second-order valence-electron chi connectivity index (χ2n) is 3.88. The molecule has 1 aliphatic rings. The molecule has 1 aliphatic heterocycles. The minimum atomic E-state index is -1.26. The number of ether oxygens (including phenoxy) is 4. The van der Waals surface area contributed by atoms with Crippen molar-refractivity contribution in [1.82, 2.24) is 0 Å². The van der Waals surface area contributed by atoms with Crippen molar-refractivity contribution >= 4 is 11.8 Å². The normalized spacial score (nSPS) is 13.8. The van der Waals surface area contributed by atoms with Gasteiger partial charge in [-0.2, -0.15) is 0 Å². The number of ketones is 1. The van der Waals surface area contributed by atoms with Crippen LogP contribution in [0, 0.1) is 0 Å². The van der Waals surface area contributed by atoms with E-state index in [9.17, 15) is 9.59 Å². The number of benzene rings is 1. The highest BCUT2D eigenvalue weighted by Gasteiger charge is 2.27. The molecule has 0 N–H and O–H groups in total. The summed E-state index contributed by atoms with van der Waals surface area (Å²) in [7, 11) is 0. The Morgan fingerprint density at radius 2 is 2.05 bits per heavy atom. The van der Waals surface area contributed by atoms with Crippen LogP contribution in [-0.2, 0) is 14.3 Å². The Balaban J connectivity index is 2.13. The lowest BCUT2D eigenvalue weighted by Gasteiger charge is -2.15. The average molecular weight is 266 g/mol. The van der Waals surface area contributed by atoms with E-state index >= 15 is 0 Å². The first-order valence-corrected chi connectivity index (χ1v) is 5.85. The van der Waals surface area contributed by atoms with Gasteiger partial charge in [0, 0.05) is 6.07 Å². The maximum atomic E-state index is 11.6. The van der Waals surface area contributed by atoms with E-state index in [0.717, 1.165) is 0 Å². The molecule has 102 valence electrons. The molecule has 0 radical (unpaired) electrons. The number of fused-ring (bicyclic) bond motifs is 1. The fourth-order valence-electron chi connectivity index (χ4n) is 1.60. The van der Waals surface area contributed by atoms with Gasteiger partial charge in [-0.15, -0.1) is 0 Å². The van der Waals surface area contributed by atoms with Gasteiger partial charge in [-0.3, -0.25) is 4.79 Å². The van der Waals surface area contributed by atoms with E-state index in [2.05, 4.69) is 0 Å². The van der Waals surface area contributed by atoms with Crippen LogP contribution < -0.4 is 14.2 Å². The van der Waals surface area contributed by atoms with Crippen molar-refractivity contribution in [2.45, 2.75) is 20.0 Å². The average Bonchev–Trinajstić information content (AvgIpc) is 2.83. The third kappa shape index (κ3) is 2.96. The summed E-state index contributed by atoms with van der Waals surface area (Å²) in [4.78, 5) is 23.0. The van der Waals surface area contributed by atoms with Gasteiger partial charge in [0.15, 0.2) is 17.3 Å². The summed E-state index contributed by atoms with van der Waals surface area (Å²) in [5.41, 5.74) is 0. The van der Waals surface area contributed by atoms with Crippen LogP contribution in [0.15, 0.2) is 18.2 Å². The molecule has 0 aromatic heterocycles. The summed E-state index contributed by atoms with van der Waals surface area (Å²) in [6.45, 7) is 3.27. The number of esters is 1. The molecular formula is C13H14O6. The monoisotopic (exact) mass is 266 g/mol. The van der Waals surface area contributed by atoms with Gasteiger partial charge < -0.3 is 18.9 Å². The number of hydrogen-bond acceptors (Lipinski definition) is 6. The number of hydrogen-bond donors (Lipinski definition) is 0. The highest BCUT2D eigenvalue weighted by molar-refractivity contribution is 6.01. The maximum Gasteiger partial charge on any atom is 0.355 e. The number of rotatable bonds is 5. The second kappa shape index (κ2) is 5.60. The summed E-state index contributed by atoms with van der Waals surface area (Å²) < 4.78 is 20.5. The van der Waals surface area contributed by atoms with Gasteiger partial charge in [-0.1, -0.05) is 0 Å². The van der Waals surface area contributed by atoms with Gasteiger partial charge in [0.2, 0.25) is 6.79 Å². The molecule has 1 aromatic carbocycles. The lowest BCUT2D eigenvalue weighted by Crippen LogP contribution is -2.35. The Bertz CT molecular complexity index is 496. The first-order chi connectivity index (χ1) is 9.11. The molecular weight excluding hydrogens is 252 g/mol. The second-order valence-corrected chi connectivity index (χ2v) is 3.88. The Morgan fingerprint density at radius 1 is 1.32 bits per heavy atom. The lowest BCUT2D eigenvalue weighted by atomic mass is 10.2. The van der Waals surface area contributed by atoms with Crippen LogP contribution in [0.25, 0.3) is 0 Å². The van der Waals surface area contributed by atoms with Crippen LogP contribution >= 0.6 is 0 Å². The summed E-state index contributed by atoms with van der Waals surface area (Å²) in [6, 6.07) is 4.82. The maximum absolute atomic E-state index is 11.6. The molecule has 6 heteroatoms. The highest BCUT2D eigenvalue weighted by Crippen LogP contribution is 2.35. The van der Waals surface area contributed by atoms with Gasteiger partial charge in [-0.05, 0) is 26.0 Å². The molecule has 1 unspecified atom stereocenters. The topological polar surface area (TPSA) is 71.1 Å². The Hall–Kier alpha value is -2.24. The zero-order chi connectivity index (χ0) is 13.8. The molecule has 2 rings (SSSR count). The van der Waals surface area contributed by atoms with Crippen molar-refractivity contribution in [3.63, 3.8) is 0 Å². The molecule has 1 heterocycles. The number of carbonyl (C=O) groups is 2. The highest BCUT2D eigenvalue weighted by atomic mass is 16.7. The predicted molar refractivity (Wildman–Crippen MR) is 64.3 cm³/mol. The largest absolute Gasteiger partial charge is 0.471 e. The zero-order valence-electron chi connectivity index (χ0n) is 10.7.